The van der Waals surface area contributed by atoms with Crippen LogP contribution in [0.25, 0.3) is 0 Å². The average molecular weight is 353 g/mol. The molecule has 6 nitrogen and oxygen atoms in total. The fraction of sp³-hybridized carbons (Fsp3) is 0.263. The lowest BCUT2D eigenvalue weighted by Crippen LogP contribution is -2.37. The fourth-order valence-electron chi connectivity index (χ4n) is 2.87. The Balaban J connectivity index is 1.88. The molecular weight excluding hydrogens is 333 g/mol. The number of halogens is 1. The highest BCUT2D eigenvalue weighted by molar-refractivity contribution is 6.24. The molecule has 0 spiro atoms. The molecule has 0 bridgehead atoms. The van der Waals surface area contributed by atoms with Gasteiger partial charge in [-0.05, 0) is 37.6 Å². The van der Waals surface area contributed by atoms with Crippen molar-refractivity contribution in [3.63, 3.8) is 0 Å². The van der Waals surface area contributed by atoms with Crippen LogP contribution in [0.3, 0.4) is 0 Å². The summed E-state index contributed by atoms with van der Waals surface area (Å²) in [5, 5.41) is 2.78. The van der Waals surface area contributed by atoms with Crippen molar-refractivity contribution in [2.75, 3.05) is 6.54 Å². The highest BCUT2D eigenvalue weighted by Crippen LogP contribution is 2.20. The van der Waals surface area contributed by atoms with Crippen LogP contribution >= 0.6 is 0 Å². The van der Waals surface area contributed by atoms with E-state index < -0.39 is 5.95 Å². The van der Waals surface area contributed by atoms with Crippen LogP contribution in [-0.4, -0.2) is 28.1 Å². The van der Waals surface area contributed by atoms with Gasteiger partial charge in [0.25, 0.3) is 5.91 Å². The molecule has 0 aromatic carbocycles. The molecule has 0 unspecified atom stereocenters. The summed E-state index contributed by atoms with van der Waals surface area (Å²) in [4.78, 5) is 24.7. The van der Waals surface area contributed by atoms with Crippen LogP contribution in [0.1, 0.15) is 30.2 Å². The maximum absolute atomic E-state index is 13.3. The number of aliphatic imine (C=N–C) groups is 1. The number of carbonyl (C=O) groups is 1. The van der Waals surface area contributed by atoms with Crippen LogP contribution in [0.5, 0.6) is 0 Å². The van der Waals surface area contributed by atoms with Gasteiger partial charge < -0.3 is 11.1 Å². The fourth-order valence-corrected chi connectivity index (χ4v) is 2.87. The summed E-state index contributed by atoms with van der Waals surface area (Å²) in [6, 6.07) is 5.38. The summed E-state index contributed by atoms with van der Waals surface area (Å²) in [6.45, 7) is 3.91. The Morgan fingerprint density at radius 1 is 1.38 bits per heavy atom. The SMILES string of the molecule is C/C(N)=C1\C(=O)NCCC1=Nc1ccnc(Cc2cnc(F)c(C)c2)c1. The van der Waals surface area contributed by atoms with E-state index in [1.54, 1.807) is 32.2 Å². The van der Waals surface area contributed by atoms with Gasteiger partial charge in [-0.25, -0.2) is 4.98 Å². The number of rotatable bonds is 3. The van der Waals surface area contributed by atoms with E-state index in [4.69, 9.17) is 5.73 Å². The molecule has 0 atom stereocenters. The smallest absolute Gasteiger partial charge is 0.254 e. The van der Waals surface area contributed by atoms with Gasteiger partial charge in [0.15, 0.2) is 0 Å². The van der Waals surface area contributed by atoms with Gasteiger partial charge in [0.2, 0.25) is 5.95 Å². The second-order valence-corrected chi connectivity index (χ2v) is 6.26. The van der Waals surface area contributed by atoms with E-state index in [0.29, 0.717) is 47.6 Å². The standard InChI is InChI=1S/C19H20FN5O/c1-11-7-13(10-24-18(11)20)8-15-9-14(3-5-22-15)25-16-4-6-23-19(26)17(16)12(2)21/h3,5,7,9-10H,4,6,8,21H2,1-2H3,(H,23,26)/b17-12+,25-16?. The maximum Gasteiger partial charge on any atom is 0.254 e. The molecule has 0 saturated carbocycles. The zero-order valence-corrected chi connectivity index (χ0v) is 14.7. The molecule has 2 aromatic rings. The second kappa shape index (κ2) is 7.43. The van der Waals surface area contributed by atoms with Crippen molar-refractivity contribution in [2.24, 2.45) is 10.7 Å². The molecule has 1 amide bonds. The Bertz CT molecular complexity index is 916. The predicted octanol–water partition coefficient (Wildman–Crippen LogP) is 2.34. The lowest BCUT2D eigenvalue weighted by Gasteiger charge is -2.18. The van der Waals surface area contributed by atoms with Crippen molar-refractivity contribution < 1.29 is 9.18 Å². The summed E-state index contributed by atoms with van der Waals surface area (Å²) in [5.41, 5.74) is 10.3. The van der Waals surface area contributed by atoms with E-state index in [-0.39, 0.29) is 5.91 Å². The molecule has 0 radical (unpaired) electrons. The van der Waals surface area contributed by atoms with E-state index in [0.717, 1.165) is 11.3 Å². The monoisotopic (exact) mass is 353 g/mol. The Labute approximate surface area is 151 Å². The molecule has 3 heterocycles. The number of nitrogens with one attached hydrogen (secondary N) is 1. The van der Waals surface area contributed by atoms with Gasteiger partial charge in [-0.3, -0.25) is 14.8 Å². The summed E-state index contributed by atoms with van der Waals surface area (Å²) < 4.78 is 13.3. The summed E-state index contributed by atoms with van der Waals surface area (Å²) in [7, 11) is 0. The Morgan fingerprint density at radius 3 is 2.92 bits per heavy atom. The van der Waals surface area contributed by atoms with E-state index >= 15 is 0 Å². The van der Waals surface area contributed by atoms with Gasteiger partial charge in [0, 0.05) is 48.7 Å². The predicted molar refractivity (Wildman–Crippen MR) is 97.6 cm³/mol. The van der Waals surface area contributed by atoms with Gasteiger partial charge in [-0.1, -0.05) is 0 Å². The molecule has 26 heavy (non-hydrogen) atoms. The van der Waals surface area contributed by atoms with Gasteiger partial charge in [-0.15, -0.1) is 0 Å². The van der Waals surface area contributed by atoms with Gasteiger partial charge in [0.1, 0.15) is 0 Å². The zero-order chi connectivity index (χ0) is 18.7. The highest BCUT2D eigenvalue weighted by Gasteiger charge is 2.22. The number of piperidine rings is 1. The third kappa shape index (κ3) is 3.93. The summed E-state index contributed by atoms with van der Waals surface area (Å²) in [5.74, 6) is -0.661. The van der Waals surface area contributed by atoms with Crippen LogP contribution in [0.15, 0.2) is 46.9 Å². The van der Waals surface area contributed by atoms with Crippen LogP contribution in [0, 0.1) is 12.9 Å². The lowest BCUT2D eigenvalue weighted by atomic mass is 10.0. The lowest BCUT2D eigenvalue weighted by molar-refractivity contribution is -0.117. The molecule has 3 rings (SSSR count). The van der Waals surface area contributed by atoms with Gasteiger partial charge in [-0.2, -0.15) is 4.39 Å². The molecule has 1 fully saturated rings. The minimum Gasteiger partial charge on any atom is -0.402 e. The van der Waals surface area contributed by atoms with Crippen molar-refractivity contribution in [3.05, 3.63) is 64.6 Å². The van der Waals surface area contributed by atoms with Crippen LogP contribution in [0.4, 0.5) is 10.1 Å². The first-order valence-electron chi connectivity index (χ1n) is 8.32. The van der Waals surface area contributed by atoms with Crippen molar-refractivity contribution >= 4 is 17.3 Å². The van der Waals surface area contributed by atoms with E-state index in [9.17, 15) is 9.18 Å². The van der Waals surface area contributed by atoms with Gasteiger partial charge >= 0.3 is 0 Å². The first-order valence-corrected chi connectivity index (χ1v) is 8.32. The normalized spacial score (nSPS) is 18.0. The number of allylic oxidation sites excluding steroid dienone is 1. The number of carbonyl (C=O) groups excluding carboxylic acids is 1. The molecule has 1 aliphatic heterocycles. The van der Waals surface area contributed by atoms with Crippen LogP contribution < -0.4 is 11.1 Å². The van der Waals surface area contributed by atoms with E-state index in [1.165, 1.54) is 6.20 Å². The molecule has 0 aliphatic carbocycles. The number of hydrogen-bond donors (Lipinski definition) is 2. The van der Waals surface area contributed by atoms with Crippen LogP contribution in [0.2, 0.25) is 0 Å². The quantitative estimate of drug-likeness (QED) is 0.654. The van der Waals surface area contributed by atoms with Crippen molar-refractivity contribution in [3.8, 4) is 0 Å². The molecule has 1 saturated heterocycles. The zero-order valence-electron chi connectivity index (χ0n) is 14.7. The number of aromatic nitrogens is 2. The number of amides is 1. The molecule has 3 N–H and O–H groups in total. The molecule has 2 aromatic heterocycles. The highest BCUT2D eigenvalue weighted by atomic mass is 19.1. The van der Waals surface area contributed by atoms with E-state index in [1.807, 2.05) is 6.07 Å². The summed E-state index contributed by atoms with van der Waals surface area (Å²) >= 11 is 0. The third-order valence-corrected chi connectivity index (χ3v) is 4.08. The molecule has 1 aliphatic rings. The number of nitrogens with zero attached hydrogens (tertiary/aromatic N) is 3. The summed E-state index contributed by atoms with van der Waals surface area (Å²) in [6.07, 6.45) is 4.31. The van der Waals surface area contributed by atoms with Crippen LogP contribution in [-0.2, 0) is 11.2 Å². The van der Waals surface area contributed by atoms with Crippen molar-refractivity contribution in [1.82, 2.24) is 15.3 Å². The Hall–Kier alpha value is -3.09. The van der Waals surface area contributed by atoms with Crippen molar-refractivity contribution in [1.29, 1.82) is 0 Å². The van der Waals surface area contributed by atoms with Crippen molar-refractivity contribution in [2.45, 2.75) is 26.7 Å². The Kier molecular flexibility index (Phi) is 5.06. The number of nitrogens with two attached hydrogens (primary N) is 1. The molecule has 7 heteroatoms. The van der Waals surface area contributed by atoms with E-state index in [2.05, 4.69) is 20.3 Å². The van der Waals surface area contributed by atoms with Gasteiger partial charge in [0.05, 0.1) is 17.0 Å². The second-order valence-electron chi connectivity index (χ2n) is 6.26. The Morgan fingerprint density at radius 2 is 2.19 bits per heavy atom. The largest absolute Gasteiger partial charge is 0.402 e. The third-order valence-electron chi connectivity index (χ3n) is 4.08. The maximum atomic E-state index is 13.3. The average Bonchev–Trinajstić information content (AvgIpc) is 2.58. The minimum atomic E-state index is -0.464. The number of hydrogen-bond acceptors (Lipinski definition) is 5. The first kappa shape index (κ1) is 17.7. The molecular formula is C19H20FN5O. The minimum absolute atomic E-state index is 0.197. The first-order chi connectivity index (χ1) is 12.4. The topological polar surface area (TPSA) is 93.3 Å². The molecule has 134 valence electrons. The number of pyridine rings is 2. The number of aryl methyl sites for hydroxylation is 1.